The van der Waals surface area contributed by atoms with Gasteiger partial charge in [-0.2, -0.15) is 0 Å². The number of aryl methyl sites for hydroxylation is 1. The van der Waals surface area contributed by atoms with Crippen molar-refractivity contribution >= 4 is 15.9 Å². The van der Waals surface area contributed by atoms with E-state index in [-0.39, 0.29) is 12.4 Å². The molecule has 0 spiro atoms. The Morgan fingerprint density at radius 2 is 2.00 bits per heavy atom. The van der Waals surface area contributed by atoms with Gasteiger partial charge in [0.15, 0.2) is 11.6 Å². The van der Waals surface area contributed by atoms with Crippen molar-refractivity contribution in [3.63, 3.8) is 0 Å². The summed E-state index contributed by atoms with van der Waals surface area (Å²) in [5.74, 6) is 0.503. The van der Waals surface area contributed by atoms with Crippen molar-refractivity contribution in [1.29, 1.82) is 0 Å². The predicted octanol–water partition coefficient (Wildman–Crippen LogP) is 3.27. The first kappa shape index (κ1) is 12.0. The van der Waals surface area contributed by atoms with Gasteiger partial charge in [0, 0.05) is 18.0 Å². The van der Waals surface area contributed by atoms with Crippen molar-refractivity contribution in [2.75, 3.05) is 0 Å². The molecule has 0 aliphatic heterocycles. The quantitative estimate of drug-likeness (QED) is 0.872. The summed E-state index contributed by atoms with van der Waals surface area (Å²) >= 11 is 3.10. The second-order valence-electron chi connectivity index (χ2n) is 3.48. The predicted molar refractivity (Wildman–Crippen MR) is 65.2 cm³/mol. The highest BCUT2D eigenvalue weighted by Gasteiger charge is 2.07. The van der Waals surface area contributed by atoms with Gasteiger partial charge in [-0.1, -0.05) is 6.07 Å². The van der Waals surface area contributed by atoms with Gasteiger partial charge in [0.1, 0.15) is 12.4 Å². The molecule has 0 saturated carbocycles. The van der Waals surface area contributed by atoms with Crippen molar-refractivity contribution in [1.82, 2.24) is 9.97 Å². The lowest BCUT2D eigenvalue weighted by Crippen LogP contribution is -1.99. The molecule has 0 bridgehead atoms. The molecular weight excluding hydrogens is 287 g/mol. The maximum atomic E-state index is 13.6. The molecule has 88 valence electrons. The third-order valence-electron chi connectivity index (χ3n) is 2.14. The minimum atomic E-state index is -0.402. The molecule has 0 aliphatic carbocycles. The molecule has 0 atom stereocenters. The number of aromatic nitrogens is 2. The van der Waals surface area contributed by atoms with Crippen molar-refractivity contribution < 1.29 is 9.13 Å². The van der Waals surface area contributed by atoms with E-state index < -0.39 is 5.82 Å². The van der Waals surface area contributed by atoms with E-state index in [0.717, 1.165) is 5.56 Å². The van der Waals surface area contributed by atoms with E-state index >= 15 is 0 Å². The summed E-state index contributed by atoms with van der Waals surface area (Å²) in [4.78, 5) is 8.07. The van der Waals surface area contributed by atoms with Crippen molar-refractivity contribution in [2.45, 2.75) is 13.5 Å². The Hall–Kier alpha value is -1.49. The van der Waals surface area contributed by atoms with Gasteiger partial charge in [-0.05, 0) is 35.0 Å². The zero-order valence-corrected chi connectivity index (χ0v) is 10.7. The number of ether oxygens (including phenoxy) is 1. The second kappa shape index (κ2) is 5.23. The van der Waals surface area contributed by atoms with Crippen LogP contribution in [0.25, 0.3) is 0 Å². The Labute approximate surface area is 107 Å². The number of nitrogens with zero attached hydrogens (tertiary/aromatic N) is 2. The van der Waals surface area contributed by atoms with Crippen molar-refractivity contribution in [3.8, 4) is 5.75 Å². The number of hydrogen-bond donors (Lipinski definition) is 0. The van der Waals surface area contributed by atoms with Crippen LogP contribution in [0.15, 0.2) is 35.1 Å². The summed E-state index contributed by atoms with van der Waals surface area (Å²) < 4.78 is 19.3. The molecule has 0 amide bonds. The van der Waals surface area contributed by atoms with Crippen molar-refractivity contribution in [2.24, 2.45) is 0 Å². The zero-order chi connectivity index (χ0) is 12.3. The average Bonchev–Trinajstić information content (AvgIpc) is 2.33. The highest BCUT2D eigenvalue weighted by Crippen LogP contribution is 2.25. The van der Waals surface area contributed by atoms with Gasteiger partial charge in [0.2, 0.25) is 0 Å². The van der Waals surface area contributed by atoms with E-state index in [4.69, 9.17) is 4.74 Å². The first-order chi connectivity index (χ1) is 8.16. The zero-order valence-electron chi connectivity index (χ0n) is 9.15. The molecule has 1 heterocycles. The van der Waals surface area contributed by atoms with Gasteiger partial charge < -0.3 is 4.74 Å². The van der Waals surface area contributed by atoms with E-state index in [1.54, 1.807) is 37.5 Å². The van der Waals surface area contributed by atoms with E-state index in [9.17, 15) is 4.39 Å². The molecule has 0 aliphatic rings. The Kier molecular flexibility index (Phi) is 3.68. The summed E-state index contributed by atoms with van der Waals surface area (Å²) in [6, 6.07) is 4.92. The van der Waals surface area contributed by atoms with Gasteiger partial charge in [0.05, 0.1) is 4.47 Å². The minimum Gasteiger partial charge on any atom is -0.486 e. The van der Waals surface area contributed by atoms with Gasteiger partial charge >= 0.3 is 0 Å². The van der Waals surface area contributed by atoms with Crippen LogP contribution in [0.1, 0.15) is 11.4 Å². The smallest absolute Gasteiger partial charge is 0.179 e. The fraction of sp³-hybridized carbons (Fsp3) is 0.167. The molecule has 2 aromatic rings. The van der Waals surface area contributed by atoms with Crippen LogP contribution in [0.5, 0.6) is 5.75 Å². The monoisotopic (exact) mass is 296 g/mol. The summed E-state index contributed by atoms with van der Waals surface area (Å²) in [7, 11) is 0. The van der Waals surface area contributed by atoms with Crippen LogP contribution in [-0.2, 0) is 6.61 Å². The third kappa shape index (κ3) is 3.00. The van der Waals surface area contributed by atoms with Crippen LogP contribution in [0, 0.1) is 12.7 Å². The molecule has 5 heteroatoms. The van der Waals surface area contributed by atoms with Crippen LogP contribution in [-0.4, -0.2) is 9.97 Å². The van der Waals surface area contributed by atoms with E-state index in [0.29, 0.717) is 10.3 Å². The standard InChI is InChI=1S/C12H10BrFN2O/c1-8-15-5-9(6-16-8)7-17-11-4-2-3-10(13)12(11)14/h2-6H,7H2,1H3. The summed E-state index contributed by atoms with van der Waals surface area (Å²) in [5, 5.41) is 0. The van der Waals surface area contributed by atoms with Gasteiger partial charge in [-0.15, -0.1) is 0 Å². The maximum absolute atomic E-state index is 13.6. The lowest BCUT2D eigenvalue weighted by Gasteiger charge is -2.07. The number of rotatable bonds is 3. The topological polar surface area (TPSA) is 35.0 Å². The van der Waals surface area contributed by atoms with Crippen LogP contribution >= 0.6 is 15.9 Å². The fourth-order valence-electron chi connectivity index (χ4n) is 1.25. The summed E-state index contributed by atoms with van der Waals surface area (Å²) in [6.45, 7) is 2.05. The Bertz CT molecular complexity index is 516. The minimum absolute atomic E-state index is 0.208. The van der Waals surface area contributed by atoms with E-state index in [1.165, 1.54) is 0 Å². The van der Waals surface area contributed by atoms with Crippen LogP contribution < -0.4 is 4.74 Å². The molecule has 3 nitrogen and oxygen atoms in total. The highest BCUT2D eigenvalue weighted by atomic mass is 79.9. The van der Waals surface area contributed by atoms with Gasteiger partial charge in [-0.25, -0.2) is 14.4 Å². The lowest BCUT2D eigenvalue weighted by molar-refractivity contribution is 0.288. The largest absolute Gasteiger partial charge is 0.486 e. The number of benzene rings is 1. The van der Waals surface area contributed by atoms with Gasteiger partial charge in [-0.3, -0.25) is 0 Å². The molecule has 17 heavy (non-hydrogen) atoms. The molecule has 0 fully saturated rings. The Balaban J connectivity index is 2.07. The summed E-state index contributed by atoms with van der Waals surface area (Å²) in [5.41, 5.74) is 0.801. The molecule has 1 aromatic carbocycles. The molecule has 0 unspecified atom stereocenters. The molecule has 0 N–H and O–H groups in total. The Morgan fingerprint density at radius 3 is 2.71 bits per heavy atom. The van der Waals surface area contributed by atoms with Crippen LogP contribution in [0.2, 0.25) is 0 Å². The molecule has 2 rings (SSSR count). The van der Waals surface area contributed by atoms with E-state index in [2.05, 4.69) is 25.9 Å². The second-order valence-corrected chi connectivity index (χ2v) is 4.33. The van der Waals surface area contributed by atoms with Gasteiger partial charge in [0.25, 0.3) is 0 Å². The third-order valence-corrected chi connectivity index (χ3v) is 2.76. The Morgan fingerprint density at radius 1 is 1.29 bits per heavy atom. The molecule has 0 radical (unpaired) electrons. The van der Waals surface area contributed by atoms with Crippen molar-refractivity contribution in [3.05, 3.63) is 52.3 Å². The molecular formula is C12H10BrFN2O. The SMILES string of the molecule is Cc1ncc(COc2cccc(Br)c2F)cn1. The first-order valence-corrected chi connectivity index (χ1v) is 5.80. The maximum Gasteiger partial charge on any atom is 0.179 e. The first-order valence-electron chi connectivity index (χ1n) is 5.01. The lowest BCUT2D eigenvalue weighted by atomic mass is 10.3. The average molecular weight is 297 g/mol. The van der Waals surface area contributed by atoms with E-state index in [1.807, 2.05) is 0 Å². The van der Waals surface area contributed by atoms with Crippen LogP contribution in [0.4, 0.5) is 4.39 Å². The fourth-order valence-corrected chi connectivity index (χ4v) is 1.60. The number of hydrogen-bond acceptors (Lipinski definition) is 3. The number of halogens is 2. The van der Waals surface area contributed by atoms with Crippen LogP contribution in [0.3, 0.4) is 0 Å². The molecule has 1 aromatic heterocycles. The highest BCUT2D eigenvalue weighted by molar-refractivity contribution is 9.10. The normalized spacial score (nSPS) is 10.3. The molecule has 0 saturated heterocycles. The summed E-state index contributed by atoms with van der Waals surface area (Å²) in [6.07, 6.45) is 3.33.